The third-order valence-corrected chi connectivity index (χ3v) is 4.04. The van der Waals surface area contributed by atoms with Crippen molar-refractivity contribution in [3.63, 3.8) is 0 Å². The van der Waals surface area contributed by atoms with Gasteiger partial charge < -0.3 is 20.2 Å². The van der Waals surface area contributed by atoms with Gasteiger partial charge >= 0.3 is 11.9 Å². The maximum Gasteiger partial charge on any atom is 0.340 e. The number of esters is 2. The molecule has 2 rings (SSSR count). The van der Waals surface area contributed by atoms with Gasteiger partial charge in [0.05, 0.1) is 34.0 Å². The number of carbonyl (C=O) groups excluding carboxylic acids is 3. The summed E-state index contributed by atoms with van der Waals surface area (Å²) in [7, 11) is 0. The third-order valence-electron chi connectivity index (χ3n) is 3.70. The van der Waals surface area contributed by atoms with Crippen molar-refractivity contribution in [2.75, 3.05) is 18.9 Å². The zero-order valence-corrected chi connectivity index (χ0v) is 15.4. The number of carbonyl (C=O) groups is 3. The number of ether oxygens (including phenoxy) is 2. The van der Waals surface area contributed by atoms with Crippen LogP contribution in [0, 0.1) is 13.8 Å². The van der Waals surface area contributed by atoms with Crippen molar-refractivity contribution in [1.82, 2.24) is 4.98 Å². The molecular formula is C18H19ClN2O5. The first kappa shape index (κ1) is 19.5. The van der Waals surface area contributed by atoms with Crippen molar-refractivity contribution in [1.29, 1.82) is 0 Å². The molecule has 8 heteroatoms. The number of benzene rings is 1. The standard InChI is InChI=1S/C18H19ClN2O5/c1-4-25-18(24)16-10(3)21-9(2)15(16)14(22)8-26-17(23)11-5-6-12(19)13(20)7-11/h5-7,21H,4,8,20H2,1-3H3. The number of aromatic nitrogens is 1. The van der Waals surface area contributed by atoms with Crippen LogP contribution in [-0.4, -0.2) is 35.9 Å². The Morgan fingerprint density at radius 3 is 2.35 bits per heavy atom. The molecule has 0 amide bonds. The minimum absolute atomic E-state index is 0.154. The average molecular weight is 379 g/mol. The van der Waals surface area contributed by atoms with Crippen LogP contribution in [0.2, 0.25) is 5.02 Å². The van der Waals surface area contributed by atoms with E-state index in [0.29, 0.717) is 16.4 Å². The summed E-state index contributed by atoms with van der Waals surface area (Å²) in [6.07, 6.45) is 0. The Labute approximate surface area is 155 Å². The molecular weight excluding hydrogens is 360 g/mol. The number of anilines is 1. The van der Waals surface area contributed by atoms with Crippen molar-refractivity contribution in [3.05, 3.63) is 51.3 Å². The van der Waals surface area contributed by atoms with Crippen LogP contribution in [0.15, 0.2) is 18.2 Å². The van der Waals surface area contributed by atoms with Crippen LogP contribution in [0.3, 0.4) is 0 Å². The summed E-state index contributed by atoms with van der Waals surface area (Å²) in [6, 6.07) is 4.28. The van der Waals surface area contributed by atoms with Crippen molar-refractivity contribution in [3.8, 4) is 0 Å². The van der Waals surface area contributed by atoms with E-state index in [-0.39, 0.29) is 29.0 Å². The minimum Gasteiger partial charge on any atom is -0.462 e. The van der Waals surface area contributed by atoms with E-state index in [9.17, 15) is 14.4 Å². The topological polar surface area (TPSA) is 111 Å². The van der Waals surface area contributed by atoms with Gasteiger partial charge in [0.2, 0.25) is 5.78 Å². The van der Waals surface area contributed by atoms with Gasteiger partial charge in [-0.25, -0.2) is 9.59 Å². The first-order valence-corrected chi connectivity index (χ1v) is 8.25. The van der Waals surface area contributed by atoms with Gasteiger partial charge in [-0.3, -0.25) is 4.79 Å². The molecule has 3 N–H and O–H groups in total. The lowest BCUT2D eigenvalue weighted by Crippen LogP contribution is -2.18. The number of halogens is 1. The lowest BCUT2D eigenvalue weighted by atomic mass is 10.1. The van der Waals surface area contributed by atoms with Crippen molar-refractivity contribution in [2.45, 2.75) is 20.8 Å². The highest BCUT2D eigenvalue weighted by molar-refractivity contribution is 6.33. The summed E-state index contributed by atoms with van der Waals surface area (Å²) in [5.74, 6) is -1.83. The van der Waals surface area contributed by atoms with Gasteiger partial charge in [0, 0.05) is 11.4 Å². The Hall–Kier alpha value is -2.80. The molecule has 26 heavy (non-hydrogen) atoms. The molecule has 0 spiro atoms. The molecule has 7 nitrogen and oxygen atoms in total. The van der Waals surface area contributed by atoms with Crippen LogP contribution in [0.1, 0.15) is 49.4 Å². The Balaban J connectivity index is 2.16. The molecule has 0 saturated carbocycles. The molecule has 0 aliphatic carbocycles. The summed E-state index contributed by atoms with van der Waals surface area (Å²) in [5, 5.41) is 0.315. The SMILES string of the molecule is CCOC(=O)c1c(C)[nH]c(C)c1C(=O)COC(=O)c1ccc(Cl)c(N)c1. The third kappa shape index (κ3) is 4.05. The fourth-order valence-corrected chi connectivity index (χ4v) is 2.66. The number of Topliss-reactive ketones (excluding diaryl/α,β-unsaturated/α-hetero) is 1. The van der Waals surface area contributed by atoms with E-state index >= 15 is 0 Å². The van der Waals surface area contributed by atoms with Crippen LogP contribution in [-0.2, 0) is 9.47 Å². The fraction of sp³-hybridized carbons (Fsp3) is 0.278. The quantitative estimate of drug-likeness (QED) is 0.454. The first-order chi connectivity index (χ1) is 12.3. The van der Waals surface area contributed by atoms with E-state index in [0.717, 1.165) is 0 Å². The molecule has 0 radical (unpaired) electrons. The summed E-state index contributed by atoms with van der Waals surface area (Å²) in [6.45, 7) is 4.66. The monoisotopic (exact) mass is 378 g/mol. The molecule has 0 saturated heterocycles. The van der Waals surface area contributed by atoms with Gasteiger partial charge in [-0.05, 0) is 39.0 Å². The van der Waals surface area contributed by atoms with Crippen molar-refractivity contribution >= 4 is 35.0 Å². The molecule has 1 aromatic carbocycles. The highest BCUT2D eigenvalue weighted by Gasteiger charge is 2.26. The zero-order chi connectivity index (χ0) is 19.4. The van der Waals surface area contributed by atoms with E-state index in [2.05, 4.69) is 4.98 Å². The van der Waals surface area contributed by atoms with E-state index in [4.69, 9.17) is 26.8 Å². The van der Waals surface area contributed by atoms with Crippen LogP contribution < -0.4 is 5.73 Å². The Morgan fingerprint density at radius 2 is 1.73 bits per heavy atom. The van der Waals surface area contributed by atoms with Gasteiger partial charge in [-0.1, -0.05) is 11.6 Å². The van der Waals surface area contributed by atoms with Gasteiger partial charge in [-0.2, -0.15) is 0 Å². The molecule has 0 atom stereocenters. The smallest absolute Gasteiger partial charge is 0.340 e. The van der Waals surface area contributed by atoms with Gasteiger partial charge in [-0.15, -0.1) is 0 Å². The second-order valence-electron chi connectivity index (χ2n) is 5.58. The minimum atomic E-state index is -0.718. The van der Waals surface area contributed by atoms with Crippen LogP contribution in [0.5, 0.6) is 0 Å². The lowest BCUT2D eigenvalue weighted by Gasteiger charge is -2.08. The molecule has 0 bridgehead atoms. The molecule has 1 aromatic heterocycles. The number of nitrogens with two attached hydrogens (primary N) is 1. The number of rotatable bonds is 6. The second-order valence-corrected chi connectivity index (χ2v) is 5.99. The summed E-state index contributed by atoms with van der Waals surface area (Å²) in [4.78, 5) is 39.6. The second kappa shape index (κ2) is 8.05. The molecule has 1 heterocycles. The highest BCUT2D eigenvalue weighted by atomic mass is 35.5. The Morgan fingerprint density at radius 1 is 1.08 bits per heavy atom. The maximum atomic E-state index is 12.5. The van der Waals surface area contributed by atoms with E-state index in [1.54, 1.807) is 20.8 Å². The summed E-state index contributed by atoms with van der Waals surface area (Å²) < 4.78 is 10.0. The number of ketones is 1. The predicted molar refractivity (Wildman–Crippen MR) is 96.7 cm³/mol. The van der Waals surface area contributed by atoms with E-state index in [1.165, 1.54) is 18.2 Å². The number of nitrogen functional groups attached to an aromatic ring is 1. The molecule has 0 aliphatic rings. The molecule has 2 aromatic rings. The number of aromatic amines is 1. The van der Waals surface area contributed by atoms with Crippen LogP contribution >= 0.6 is 11.6 Å². The van der Waals surface area contributed by atoms with Gasteiger partial charge in [0.15, 0.2) is 6.61 Å². The van der Waals surface area contributed by atoms with Crippen molar-refractivity contribution in [2.24, 2.45) is 0 Å². The maximum absolute atomic E-state index is 12.5. The van der Waals surface area contributed by atoms with Gasteiger partial charge in [0.1, 0.15) is 0 Å². The normalized spacial score (nSPS) is 10.5. The number of aryl methyl sites for hydroxylation is 2. The molecule has 0 fully saturated rings. The molecule has 0 aliphatic heterocycles. The number of hydrogen-bond donors (Lipinski definition) is 2. The number of hydrogen-bond acceptors (Lipinski definition) is 6. The number of nitrogens with one attached hydrogen (secondary N) is 1. The Kier molecular flexibility index (Phi) is 6.05. The van der Waals surface area contributed by atoms with E-state index < -0.39 is 24.3 Å². The highest BCUT2D eigenvalue weighted by Crippen LogP contribution is 2.22. The van der Waals surface area contributed by atoms with Crippen LogP contribution in [0.4, 0.5) is 5.69 Å². The molecule has 0 unspecified atom stereocenters. The molecule has 138 valence electrons. The number of H-pyrrole nitrogens is 1. The lowest BCUT2D eigenvalue weighted by molar-refractivity contribution is 0.0472. The van der Waals surface area contributed by atoms with Crippen molar-refractivity contribution < 1.29 is 23.9 Å². The summed E-state index contributed by atoms with van der Waals surface area (Å²) in [5.41, 5.74) is 7.38. The predicted octanol–water partition coefficient (Wildman–Crippen LogP) is 3.08. The van der Waals surface area contributed by atoms with Crippen LogP contribution in [0.25, 0.3) is 0 Å². The Bertz CT molecular complexity index is 873. The fourth-order valence-electron chi connectivity index (χ4n) is 2.55. The summed E-state index contributed by atoms with van der Waals surface area (Å²) >= 11 is 5.81. The largest absolute Gasteiger partial charge is 0.462 e. The first-order valence-electron chi connectivity index (χ1n) is 7.87. The zero-order valence-electron chi connectivity index (χ0n) is 14.6. The average Bonchev–Trinajstić information content (AvgIpc) is 2.89. The van der Waals surface area contributed by atoms with E-state index in [1.807, 2.05) is 0 Å². The van der Waals surface area contributed by atoms with Gasteiger partial charge in [0.25, 0.3) is 0 Å².